The van der Waals surface area contributed by atoms with E-state index in [0.717, 1.165) is 21.7 Å². The van der Waals surface area contributed by atoms with Crippen molar-refractivity contribution in [1.82, 2.24) is 0 Å². The summed E-state index contributed by atoms with van der Waals surface area (Å²) >= 11 is 3.81. The predicted molar refractivity (Wildman–Crippen MR) is 143 cm³/mol. The van der Waals surface area contributed by atoms with Crippen LogP contribution in [0.1, 0.15) is 85.3 Å². The monoisotopic (exact) mass is 521 g/mol. The Morgan fingerprint density at radius 3 is 2.42 bits per heavy atom. The first-order valence-electron chi connectivity index (χ1n) is 12.6. The lowest BCUT2D eigenvalue weighted by molar-refractivity contribution is -0.00836. The predicted octanol–water partition coefficient (Wildman–Crippen LogP) is 9.52. The van der Waals surface area contributed by atoms with Crippen LogP contribution in [0.15, 0.2) is 51.0 Å². The number of aliphatic imine (C=N–C) groups is 1. The van der Waals surface area contributed by atoms with Gasteiger partial charge in [-0.2, -0.15) is 0 Å². The Morgan fingerprint density at radius 2 is 1.79 bits per heavy atom. The molecule has 0 bridgehead atoms. The topological polar surface area (TPSA) is 12.4 Å². The largest absolute Gasteiger partial charge is 0.284 e. The van der Waals surface area contributed by atoms with Crippen LogP contribution in [0.5, 0.6) is 0 Å². The zero-order valence-electron chi connectivity index (χ0n) is 21.5. The molecule has 4 heteroatoms. The minimum Gasteiger partial charge on any atom is -0.284 e. The fourth-order valence-electron chi connectivity index (χ4n) is 4.50. The van der Waals surface area contributed by atoms with Crippen molar-refractivity contribution in [3.63, 3.8) is 0 Å². The number of halogens is 3. The molecular formula is C29H42BrF2N. The highest BCUT2D eigenvalue weighted by molar-refractivity contribution is 9.12. The van der Waals surface area contributed by atoms with Crippen molar-refractivity contribution >= 4 is 21.6 Å². The molecule has 2 rings (SSSR count). The highest BCUT2D eigenvalue weighted by Gasteiger charge is 2.29. The Morgan fingerprint density at radius 1 is 1.09 bits per heavy atom. The highest BCUT2D eigenvalue weighted by atomic mass is 79.9. The van der Waals surface area contributed by atoms with Crippen molar-refractivity contribution < 1.29 is 8.78 Å². The first kappa shape index (κ1) is 28.0. The number of hydrogen-bond donors (Lipinski definition) is 0. The molecule has 1 aliphatic heterocycles. The minimum absolute atomic E-state index is 0.104. The van der Waals surface area contributed by atoms with Gasteiger partial charge in [-0.1, -0.05) is 72.6 Å². The van der Waals surface area contributed by atoms with Gasteiger partial charge in [0.25, 0.3) is 5.92 Å². The van der Waals surface area contributed by atoms with Crippen molar-refractivity contribution in [1.29, 1.82) is 0 Å². The number of alkyl halides is 2. The van der Waals surface area contributed by atoms with Crippen LogP contribution in [0.3, 0.4) is 0 Å². The number of allylic oxidation sites excluding steroid dienone is 3. The van der Waals surface area contributed by atoms with E-state index in [1.807, 2.05) is 6.07 Å². The van der Waals surface area contributed by atoms with Crippen LogP contribution in [-0.2, 0) is 12.3 Å². The summed E-state index contributed by atoms with van der Waals surface area (Å²) in [7, 11) is 0. The lowest BCUT2D eigenvalue weighted by Crippen LogP contribution is -2.16. The fraction of sp³-hybridized carbons (Fsp3) is 0.621. The molecule has 0 aromatic heterocycles. The average molecular weight is 523 g/mol. The maximum atomic E-state index is 14.2. The van der Waals surface area contributed by atoms with Crippen LogP contribution in [0.25, 0.3) is 0 Å². The van der Waals surface area contributed by atoms with Gasteiger partial charge in [-0.25, -0.2) is 8.78 Å². The third-order valence-electron chi connectivity index (χ3n) is 7.46. The first-order valence-corrected chi connectivity index (χ1v) is 13.4. The number of hydrogen-bond acceptors (Lipinski definition) is 1. The minimum atomic E-state index is -2.78. The molecule has 4 atom stereocenters. The Bertz CT molecular complexity index is 883. The van der Waals surface area contributed by atoms with Gasteiger partial charge in [0, 0.05) is 22.4 Å². The molecule has 0 fully saturated rings. The molecule has 1 nitrogen and oxygen atoms in total. The average Bonchev–Trinajstić information content (AvgIpc) is 2.94. The summed E-state index contributed by atoms with van der Waals surface area (Å²) in [5, 5.41) is 0. The standard InChI is InChI=1S/C29H42BrF2N/c1-8-19(3)13-14-20(4)23(7)26-17-27(30)28(33-18-22(26)6)21(5)15-24-11-10-12-25(16-24)29(31,32)9-2/h10-12,16-17,19-21,23H,8-9,13-15,18H2,1-7H3. The van der Waals surface area contributed by atoms with E-state index in [2.05, 4.69) is 63.5 Å². The van der Waals surface area contributed by atoms with Gasteiger partial charge < -0.3 is 0 Å². The fourth-order valence-corrected chi connectivity index (χ4v) is 5.27. The smallest absolute Gasteiger partial charge is 0.273 e. The van der Waals surface area contributed by atoms with E-state index >= 15 is 0 Å². The second-order valence-electron chi connectivity index (χ2n) is 10.1. The van der Waals surface area contributed by atoms with Gasteiger partial charge in [-0.05, 0) is 82.3 Å². The van der Waals surface area contributed by atoms with Crippen LogP contribution in [0.2, 0.25) is 0 Å². The molecule has 0 amide bonds. The van der Waals surface area contributed by atoms with E-state index in [1.165, 1.54) is 43.4 Å². The third-order valence-corrected chi connectivity index (χ3v) is 8.10. The van der Waals surface area contributed by atoms with Crippen LogP contribution < -0.4 is 0 Å². The van der Waals surface area contributed by atoms with Crippen molar-refractivity contribution in [2.75, 3.05) is 6.54 Å². The molecule has 1 heterocycles. The Hall–Kier alpha value is -1.29. The van der Waals surface area contributed by atoms with E-state index in [4.69, 9.17) is 4.99 Å². The second-order valence-corrected chi connectivity index (χ2v) is 11.0. The number of rotatable bonds is 11. The van der Waals surface area contributed by atoms with Gasteiger partial charge >= 0.3 is 0 Å². The molecule has 0 spiro atoms. The van der Waals surface area contributed by atoms with Crippen molar-refractivity contribution in [2.24, 2.45) is 28.7 Å². The zero-order chi connectivity index (χ0) is 24.8. The molecule has 0 aliphatic carbocycles. The molecule has 0 radical (unpaired) electrons. The normalized spacial score (nSPS) is 18.8. The summed E-state index contributed by atoms with van der Waals surface area (Å²) in [6, 6.07) is 6.87. The van der Waals surface area contributed by atoms with E-state index in [0.29, 0.717) is 24.8 Å². The Balaban J connectivity index is 2.15. The maximum Gasteiger partial charge on any atom is 0.273 e. The molecule has 0 N–H and O–H groups in total. The lowest BCUT2D eigenvalue weighted by atomic mass is 9.81. The summed E-state index contributed by atoms with van der Waals surface area (Å²) in [6.07, 6.45) is 6.51. The lowest BCUT2D eigenvalue weighted by Gasteiger charge is -2.24. The molecule has 0 saturated carbocycles. The van der Waals surface area contributed by atoms with Crippen LogP contribution >= 0.6 is 15.9 Å². The first-order chi connectivity index (χ1) is 15.5. The molecule has 1 aromatic carbocycles. The van der Waals surface area contributed by atoms with Gasteiger partial charge in [0.05, 0.1) is 12.3 Å². The van der Waals surface area contributed by atoms with Crippen molar-refractivity contribution in [2.45, 2.75) is 86.5 Å². The van der Waals surface area contributed by atoms with Crippen LogP contribution in [0, 0.1) is 23.7 Å². The molecule has 1 aromatic rings. The summed E-state index contributed by atoms with van der Waals surface area (Å²) in [4.78, 5) is 4.94. The van der Waals surface area contributed by atoms with Gasteiger partial charge in [-0.15, -0.1) is 0 Å². The van der Waals surface area contributed by atoms with E-state index in [-0.39, 0.29) is 17.9 Å². The molecule has 0 saturated heterocycles. The van der Waals surface area contributed by atoms with Gasteiger partial charge in [0.1, 0.15) is 0 Å². The quantitative estimate of drug-likeness (QED) is 0.274. The second kappa shape index (κ2) is 12.4. The summed E-state index contributed by atoms with van der Waals surface area (Å²) in [5.74, 6) is -0.789. The summed E-state index contributed by atoms with van der Waals surface area (Å²) in [5.41, 5.74) is 4.76. The van der Waals surface area contributed by atoms with Gasteiger partial charge in [0.15, 0.2) is 0 Å². The Labute approximate surface area is 209 Å². The maximum absolute atomic E-state index is 14.2. The van der Waals surface area contributed by atoms with E-state index in [1.54, 1.807) is 12.1 Å². The van der Waals surface area contributed by atoms with Crippen molar-refractivity contribution in [3.05, 3.63) is 57.1 Å². The SMILES string of the molecule is CCC(C)CCC(C)C(C)C1=C(C)CN=C(C(C)Cc2cccc(C(F)(F)CC)c2)C(Br)=C1. The van der Waals surface area contributed by atoms with Gasteiger partial charge in [0.2, 0.25) is 0 Å². The molecule has 4 unspecified atom stereocenters. The molecule has 33 heavy (non-hydrogen) atoms. The molecule has 184 valence electrons. The number of nitrogens with zero attached hydrogens (tertiary/aromatic N) is 1. The zero-order valence-corrected chi connectivity index (χ0v) is 23.1. The summed E-state index contributed by atoms with van der Waals surface area (Å²) < 4.78 is 29.4. The molecular weight excluding hydrogens is 480 g/mol. The van der Waals surface area contributed by atoms with Gasteiger partial charge in [-0.3, -0.25) is 4.99 Å². The molecule has 1 aliphatic rings. The van der Waals surface area contributed by atoms with Crippen molar-refractivity contribution in [3.8, 4) is 0 Å². The van der Waals surface area contributed by atoms with E-state index < -0.39 is 5.92 Å². The number of benzene rings is 1. The van der Waals surface area contributed by atoms with Crippen LogP contribution in [-0.4, -0.2) is 12.3 Å². The highest BCUT2D eigenvalue weighted by Crippen LogP contribution is 2.34. The van der Waals surface area contributed by atoms with Crippen LogP contribution in [0.4, 0.5) is 8.78 Å². The summed E-state index contributed by atoms with van der Waals surface area (Å²) in [6.45, 7) is 15.9. The van der Waals surface area contributed by atoms with E-state index in [9.17, 15) is 8.78 Å². The third kappa shape index (κ3) is 7.60. The Kier molecular flexibility index (Phi) is 10.5.